The Labute approximate surface area is 127 Å². The topological polar surface area (TPSA) is 40.5 Å². The van der Waals surface area contributed by atoms with Crippen LogP contribution in [-0.4, -0.2) is 23.4 Å². The first-order chi connectivity index (χ1) is 10.2. The number of benzene rings is 2. The van der Waals surface area contributed by atoms with Crippen LogP contribution in [0.15, 0.2) is 36.4 Å². The molecule has 2 heteroatoms. The Hall–Kier alpha value is -1.64. The molecule has 21 heavy (non-hydrogen) atoms. The number of hydrogen-bond acceptors (Lipinski definition) is 2. The lowest BCUT2D eigenvalue weighted by atomic mass is 9.91. The molecule has 0 aliphatic rings. The summed E-state index contributed by atoms with van der Waals surface area (Å²) in [5, 5.41) is 18.3. The summed E-state index contributed by atoms with van der Waals surface area (Å²) >= 11 is 0. The Kier molecular flexibility index (Phi) is 5.54. The maximum absolute atomic E-state index is 9.15. The molecule has 2 N–H and O–H groups in total. The first-order valence-corrected chi connectivity index (χ1v) is 7.63. The minimum Gasteiger partial charge on any atom is -0.396 e. The fourth-order valence-electron chi connectivity index (χ4n) is 2.71. The number of aryl methyl sites for hydroxylation is 2. The lowest BCUT2D eigenvalue weighted by Crippen LogP contribution is -1.97. The molecule has 0 saturated carbocycles. The van der Waals surface area contributed by atoms with Crippen molar-refractivity contribution in [1.82, 2.24) is 0 Å². The third-order valence-corrected chi connectivity index (χ3v) is 3.95. The fourth-order valence-corrected chi connectivity index (χ4v) is 2.71. The molecule has 0 spiro atoms. The number of aliphatic hydroxyl groups is 2. The van der Waals surface area contributed by atoms with Crippen LogP contribution < -0.4 is 0 Å². The van der Waals surface area contributed by atoms with Gasteiger partial charge in [0, 0.05) is 13.2 Å². The van der Waals surface area contributed by atoms with Crippen LogP contribution in [0, 0.1) is 6.92 Å². The maximum atomic E-state index is 9.15. The molecule has 0 aliphatic carbocycles. The highest BCUT2D eigenvalue weighted by Gasteiger charge is 2.09. The molecule has 0 bridgehead atoms. The molecule has 0 unspecified atom stereocenters. The number of hydrogen-bond donors (Lipinski definition) is 2. The van der Waals surface area contributed by atoms with Gasteiger partial charge < -0.3 is 10.2 Å². The Morgan fingerprint density at radius 2 is 1.38 bits per heavy atom. The molecule has 0 aromatic heterocycles. The predicted octanol–water partition coefficient (Wildman–Crippen LogP) is 3.29. The molecule has 2 aromatic rings. The minimum absolute atomic E-state index is 0.174. The van der Waals surface area contributed by atoms with Crippen molar-refractivity contribution >= 4 is 0 Å². The second kappa shape index (κ2) is 7.39. The van der Waals surface area contributed by atoms with Crippen molar-refractivity contribution in [2.45, 2.75) is 33.1 Å². The summed E-state index contributed by atoms with van der Waals surface area (Å²) in [6.45, 7) is 4.63. The summed E-state index contributed by atoms with van der Waals surface area (Å²) in [5.41, 5.74) is 7.37. The van der Waals surface area contributed by atoms with Gasteiger partial charge in [-0.2, -0.15) is 0 Å². The highest BCUT2D eigenvalue weighted by molar-refractivity contribution is 5.72. The van der Waals surface area contributed by atoms with E-state index < -0.39 is 0 Å². The first-order valence-electron chi connectivity index (χ1n) is 7.63. The third kappa shape index (κ3) is 3.72. The van der Waals surface area contributed by atoms with Crippen molar-refractivity contribution in [3.8, 4) is 11.1 Å². The van der Waals surface area contributed by atoms with Gasteiger partial charge in [-0.05, 0) is 59.6 Å². The minimum atomic E-state index is 0.174. The summed E-state index contributed by atoms with van der Waals surface area (Å²) in [6, 6.07) is 12.9. The summed E-state index contributed by atoms with van der Waals surface area (Å²) in [5.74, 6) is 0. The summed E-state index contributed by atoms with van der Waals surface area (Å²) < 4.78 is 0. The molecule has 0 heterocycles. The SMILES string of the molecule is CCc1ccc(CCO)cc1-c1cc(CCO)ccc1C. The van der Waals surface area contributed by atoms with E-state index in [1.54, 1.807) is 0 Å². The van der Waals surface area contributed by atoms with Crippen molar-refractivity contribution in [1.29, 1.82) is 0 Å². The lowest BCUT2D eigenvalue weighted by molar-refractivity contribution is 0.299. The van der Waals surface area contributed by atoms with Crippen molar-refractivity contribution in [2.24, 2.45) is 0 Å². The maximum Gasteiger partial charge on any atom is 0.0471 e. The highest BCUT2D eigenvalue weighted by atomic mass is 16.3. The second-order valence-corrected chi connectivity index (χ2v) is 5.44. The van der Waals surface area contributed by atoms with E-state index in [9.17, 15) is 0 Å². The van der Waals surface area contributed by atoms with E-state index in [1.807, 2.05) is 0 Å². The summed E-state index contributed by atoms with van der Waals surface area (Å²) in [4.78, 5) is 0. The molecule has 2 nitrogen and oxygen atoms in total. The van der Waals surface area contributed by atoms with Crippen molar-refractivity contribution < 1.29 is 10.2 Å². The van der Waals surface area contributed by atoms with Gasteiger partial charge in [0.05, 0.1) is 0 Å². The molecule has 0 saturated heterocycles. The van der Waals surface area contributed by atoms with Gasteiger partial charge in [0.2, 0.25) is 0 Å². The van der Waals surface area contributed by atoms with Gasteiger partial charge in [-0.25, -0.2) is 0 Å². The molecular weight excluding hydrogens is 260 g/mol. The van der Waals surface area contributed by atoms with Crippen LogP contribution in [0.1, 0.15) is 29.2 Å². The monoisotopic (exact) mass is 284 g/mol. The van der Waals surface area contributed by atoms with Crippen LogP contribution in [-0.2, 0) is 19.3 Å². The van der Waals surface area contributed by atoms with E-state index in [2.05, 4.69) is 50.2 Å². The quantitative estimate of drug-likeness (QED) is 0.854. The molecule has 0 radical (unpaired) electrons. The standard InChI is InChI=1S/C19H24O2/c1-3-17-7-6-16(9-11-21)13-19(17)18-12-15(8-10-20)5-4-14(18)2/h4-7,12-13,20-21H,3,8-11H2,1-2H3. The zero-order chi connectivity index (χ0) is 15.2. The van der Waals surface area contributed by atoms with E-state index in [1.165, 1.54) is 22.3 Å². The van der Waals surface area contributed by atoms with Crippen LogP contribution in [0.2, 0.25) is 0 Å². The first kappa shape index (κ1) is 15.7. The van der Waals surface area contributed by atoms with Gasteiger partial charge in [-0.1, -0.05) is 43.3 Å². The Bertz CT molecular complexity index is 603. The average molecular weight is 284 g/mol. The van der Waals surface area contributed by atoms with E-state index >= 15 is 0 Å². The predicted molar refractivity (Wildman–Crippen MR) is 87.6 cm³/mol. The van der Waals surface area contributed by atoms with Gasteiger partial charge in [0.1, 0.15) is 0 Å². The van der Waals surface area contributed by atoms with Crippen LogP contribution >= 0.6 is 0 Å². The molecule has 0 amide bonds. The molecule has 112 valence electrons. The third-order valence-electron chi connectivity index (χ3n) is 3.95. The van der Waals surface area contributed by atoms with E-state index in [0.717, 1.165) is 17.5 Å². The van der Waals surface area contributed by atoms with Crippen LogP contribution in [0.4, 0.5) is 0 Å². The molecule has 2 rings (SSSR count). The fraction of sp³-hybridized carbons (Fsp3) is 0.368. The van der Waals surface area contributed by atoms with Gasteiger partial charge >= 0.3 is 0 Å². The Morgan fingerprint density at radius 3 is 1.95 bits per heavy atom. The van der Waals surface area contributed by atoms with Crippen LogP contribution in [0.3, 0.4) is 0 Å². The molecular formula is C19H24O2. The largest absolute Gasteiger partial charge is 0.396 e. The van der Waals surface area contributed by atoms with Crippen molar-refractivity contribution in [3.05, 3.63) is 58.7 Å². The molecule has 0 fully saturated rings. The highest BCUT2D eigenvalue weighted by Crippen LogP contribution is 2.29. The van der Waals surface area contributed by atoms with Gasteiger partial charge in [-0.15, -0.1) is 0 Å². The van der Waals surface area contributed by atoms with Gasteiger partial charge in [0.15, 0.2) is 0 Å². The summed E-state index contributed by atoms with van der Waals surface area (Å²) in [6.07, 6.45) is 2.36. The lowest BCUT2D eigenvalue weighted by Gasteiger charge is -2.14. The normalized spacial score (nSPS) is 10.9. The molecule has 0 aliphatic heterocycles. The van der Waals surface area contributed by atoms with Crippen LogP contribution in [0.25, 0.3) is 11.1 Å². The van der Waals surface area contributed by atoms with E-state index in [-0.39, 0.29) is 13.2 Å². The Morgan fingerprint density at radius 1 is 0.810 bits per heavy atom. The van der Waals surface area contributed by atoms with Gasteiger partial charge in [-0.3, -0.25) is 0 Å². The molecule has 0 atom stereocenters. The molecule has 2 aromatic carbocycles. The smallest absolute Gasteiger partial charge is 0.0471 e. The number of rotatable bonds is 6. The zero-order valence-corrected chi connectivity index (χ0v) is 12.9. The van der Waals surface area contributed by atoms with E-state index in [4.69, 9.17) is 10.2 Å². The summed E-state index contributed by atoms with van der Waals surface area (Å²) in [7, 11) is 0. The van der Waals surface area contributed by atoms with E-state index in [0.29, 0.717) is 12.8 Å². The zero-order valence-electron chi connectivity index (χ0n) is 12.9. The van der Waals surface area contributed by atoms with Crippen molar-refractivity contribution in [3.63, 3.8) is 0 Å². The van der Waals surface area contributed by atoms with Crippen molar-refractivity contribution in [2.75, 3.05) is 13.2 Å². The van der Waals surface area contributed by atoms with Gasteiger partial charge in [0.25, 0.3) is 0 Å². The number of aliphatic hydroxyl groups excluding tert-OH is 2. The second-order valence-electron chi connectivity index (χ2n) is 5.44. The van der Waals surface area contributed by atoms with Crippen LogP contribution in [0.5, 0.6) is 0 Å². The Balaban J connectivity index is 2.52. The average Bonchev–Trinajstić information content (AvgIpc) is 2.50.